The number of hydrogen-bond acceptors (Lipinski definition) is 1. The van der Waals surface area contributed by atoms with E-state index in [0.29, 0.717) is 11.7 Å². The second-order valence-corrected chi connectivity index (χ2v) is 8.32. The Bertz CT molecular complexity index is 904. The summed E-state index contributed by atoms with van der Waals surface area (Å²) in [6, 6.07) is 11.6. The van der Waals surface area contributed by atoms with Crippen molar-refractivity contribution >= 4 is 16.6 Å². The maximum absolute atomic E-state index is 13.1. The van der Waals surface area contributed by atoms with Crippen LogP contribution in [0.25, 0.3) is 10.8 Å². The summed E-state index contributed by atoms with van der Waals surface area (Å²) in [6.45, 7) is 2.25. The number of fused-ring (bicyclic) bond motifs is 6. The van der Waals surface area contributed by atoms with Gasteiger partial charge in [0.15, 0.2) is 0 Å². The first-order valence-corrected chi connectivity index (χ1v) is 9.98. The molecule has 2 aromatic rings. The molecule has 0 radical (unpaired) electrons. The first-order chi connectivity index (χ1) is 12.2. The van der Waals surface area contributed by atoms with Gasteiger partial charge in [-0.3, -0.25) is 4.79 Å². The van der Waals surface area contributed by atoms with Crippen LogP contribution in [0.15, 0.2) is 42.0 Å². The highest BCUT2D eigenvalue weighted by Gasteiger charge is 2.55. The average molecular weight is 330 g/mol. The molecule has 5 rings (SSSR count). The van der Waals surface area contributed by atoms with Gasteiger partial charge in [-0.05, 0) is 78.0 Å². The molecule has 2 bridgehead atoms. The number of unbranched alkanes of at least 4 members (excludes halogenated alkanes) is 1. The van der Waals surface area contributed by atoms with Crippen LogP contribution in [0, 0.1) is 5.92 Å². The molecule has 2 atom stereocenters. The molecule has 0 amide bonds. The standard InChI is InChI=1S/C24H26O/c1-2-3-5-17-6-4-7-18-13-19-9-11-23(25)24(22(19)14-21(17)18)15-16-8-10-20(24)12-16/h4,6-8,13-14,20H,2-3,5,9-12,15H2,1H3. The number of aryl methyl sites for hydroxylation is 2. The van der Waals surface area contributed by atoms with E-state index in [1.165, 1.54) is 45.9 Å². The Morgan fingerprint density at radius 2 is 2.12 bits per heavy atom. The third-order valence-corrected chi connectivity index (χ3v) is 7.00. The highest BCUT2D eigenvalue weighted by molar-refractivity contribution is 5.97. The van der Waals surface area contributed by atoms with Crippen molar-refractivity contribution in [3.05, 3.63) is 58.7 Å². The van der Waals surface area contributed by atoms with Gasteiger partial charge in [0.1, 0.15) is 5.78 Å². The summed E-state index contributed by atoms with van der Waals surface area (Å²) in [5.41, 5.74) is 5.62. The van der Waals surface area contributed by atoms with Crippen molar-refractivity contribution in [2.24, 2.45) is 5.92 Å². The Hall–Kier alpha value is -1.89. The van der Waals surface area contributed by atoms with Gasteiger partial charge in [-0.1, -0.05) is 49.3 Å². The topological polar surface area (TPSA) is 17.1 Å². The molecule has 1 fully saturated rings. The van der Waals surface area contributed by atoms with Crippen molar-refractivity contribution in [1.29, 1.82) is 0 Å². The van der Waals surface area contributed by atoms with E-state index in [4.69, 9.17) is 0 Å². The maximum atomic E-state index is 13.1. The number of ketones is 1. The molecular formula is C24H26O. The Labute approximate surface area is 150 Å². The van der Waals surface area contributed by atoms with Crippen LogP contribution in [0.3, 0.4) is 0 Å². The largest absolute Gasteiger partial charge is 0.299 e. The minimum atomic E-state index is -0.191. The number of hydrogen-bond donors (Lipinski definition) is 0. The number of carbonyl (C=O) groups is 1. The lowest BCUT2D eigenvalue weighted by Crippen LogP contribution is -2.43. The first kappa shape index (κ1) is 15.4. The minimum absolute atomic E-state index is 0.191. The lowest BCUT2D eigenvalue weighted by atomic mass is 9.61. The zero-order chi connectivity index (χ0) is 17.0. The molecule has 3 aliphatic rings. The van der Waals surface area contributed by atoms with Gasteiger partial charge in [0.2, 0.25) is 0 Å². The predicted molar refractivity (Wildman–Crippen MR) is 103 cm³/mol. The van der Waals surface area contributed by atoms with Crippen LogP contribution in [0.2, 0.25) is 0 Å². The van der Waals surface area contributed by atoms with Gasteiger partial charge in [-0.15, -0.1) is 0 Å². The summed E-state index contributed by atoms with van der Waals surface area (Å²) >= 11 is 0. The molecular weight excluding hydrogens is 304 g/mol. The Morgan fingerprint density at radius 1 is 1.20 bits per heavy atom. The second-order valence-electron chi connectivity index (χ2n) is 8.32. The van der Waals surface area contributed by atoms with Gasteiger partial charge in [-0.25, -0.2) is 0 Å². The zero-order valence-electron chi connectivity index (χ0n) is 15.1. The summed E-state index contributed by atoms with van der Waals surface area (Å²) in [5.74, 6) is 1.03. The molecule has 0 aliphatic heterocycles. The quantitative estimate of drug-likeness (QED) is 0.662. The Balaban J connectivity index is 1.72. The minimum Gasteiger partial charge on any atom is -0.299 e. The molecule has 1 heteroatoms. The fourth-order valence-electron chi connectivity index (χ4n) is 5.72. The van der Waals surface area contributed by atoms with Gasteiger partial charge >= 0.3 is 0 Å². The van der Waals surface area contributed by atoms with Crippen molar-refractivity contribution in [1.82, 2.24) is 0 Å². The second kappa shape index (κ2) is 5.56. The van der Waals surface area contributed by atoms with Crippen LogP contribution in [0.5, 0.6) is 0 Å². The Kier molecular flexibility index (Phi) is 3.42. The van der Waals surface area contributed by atoms with E-state index >= 15 is 0 Å². The number of rotatable bonds is 3. The maximum Gasteiger partial charge on any atom is 0.144 e. The van der Waals surface area contributed by atoms with Gasteiger partial charge in [0.05, 0.1) is 5.41 Å². The molecule has 1 nitrogen and oxygen atoms in total. The van der Waals surface area contributed by atoms with Gasteiger partial charge in [0.25, 0.3) is 0 Å². The van der Waals surface area contributed by atoms with Crippen molar-refractivity contribution in [3.8, 4) is 0 Å². The number of Topliss-reactive ketones (excluding diaryl/α,β-unsaturated/α-hetero) is 1. The van der Waals surface area contributed by atoms with E-state index in [2.05, 4.69) is 43.3 Å². The molecule has 2 unspecified atom stereocenters. The van der Waals surface area contributed by atoms with Crippen LogP contribution >= 0.6 is 0 Å². The molecule has 1 spiro atoms. The number of allylic oxidation sites excluding steroid dienone is 2. The molecule has 2 aromatic carbocycles. The van der Waals surface area contributed by atoms with E-state index in [1.54, 1.807) is 0 Å². The van der Waals surface area contributed by atoms with E-state index in [1.807, 2.05) is 0 Å². The smallest absolute Gasteiger partial charge is 0.144 e. The lowest BCUT2D eigenvalue weighted by Gasteiger charge is -2.40. The zero-order valence-corrected chi connectivity index (χ0v) is 15.1. The summed E-state index contributed by atoms with van der Waals surface area (Å²) in [7, 11) is 0. The van der Waals surface area contributed by atoms with E-state index in [0.717, 1.165) is 38.5 Å². The third kappa shape index (κ3) is 2.11. The molecule has 0 heterocycles. The lowest BCUT2D eigenvalue weighted by molar-refractivity contribution is -0.126. The molecule has 0 N–H and O–H groups in total. The van der Waals surface area contributed by atoms with Gasteiger partial charge in [-0.2, -0.15) is 0 Å². The summed E-state index contributed by atoms with van der Waals surface area (Å²) in [6.07, 6.45) is 10.9. The molecule has 3 aliphatic carbocycles. The Morgan fingerprint density at radius 3 is 2.88 bits per heavy atom. The van der Waals surface area contributed by atoms with Crippen LogP contribution in [-0.4, -0.2) is 5.78 Å². The van der Waals surface area contributed by atoms with Crippen molar-refractivity contribution in [2.75, 3.05) is 0 Å². The molecule has 1 saturated carbocycles. The fourth-order valence-corrected chi connectivity index (χ4v) is 5.72. The summed E-state index contributed by atoms with van der Waals surface area (Å²) in [4.78, 5) is 13.1. The first-order valence-electron chi connectivity index (χ1n) is 9.98. The molecule has 128 valence electrons. The highest BCUT2D eigenvalue weighted by atomic mass is 16.1. The fraction of sp³-hybridized carbons (Fsp3) is 0.458. The highest BCUT2D eigenvalue weighted by Crippen LogP contribution is 2.57. The summed E-state index contributed by atoms with van der Waals surface area (Å²) in [5, 5.41) is 2.75. The van der Waals surface area contributed by atoms with Crippen LogP contribution in [0.1, 0.15) is 62.1 Å². The van der Waals surface area contributed by atoms with E-state index in [-0.39, 0.29) is 5.41 Å². The number of carbonyl (C=O) groups excluding carboxylic acids is 1. The third-order valence-electron chi connectivity index (χ3n) is 7.00. The van der Waals surface area contributed by atoms with Crippen LogP contribution in [0.4, 0.5) is 0 Å². The molecule has 0 saturated heterocycles. The van der Waals surface area contributed by atoms with Crippen molar-refractivity contribution in [2.45, 2.75) is 63.7 Å². The SMILES string of the molecule is CCCCc1cccc2cc3c(cc12)C1(CC2=CCC1C2)C(=O)CC3. The van der Waals surface area contributed by atoms with Gasteiger partial charge < -0.3 is 0 Å². The van der Waals surface area contributed by atoms with Crippen molar-refractivity contribution in [3.63, 3.8) is 0 Å². The molecule has 25 heavy (non-hydrogen) atoms. The van der Waals surface area contributed by atoms with Crippen LogP contribution in [-0.2, 0) is 23.1 Å². The van der Waals surface area contributed by atoms with E-state index in [9.17, 15) is 4.79 Å². The predicted octanol–water partition coefficient (Wildman–Crippen LogP) is 5.68. The normalized spacial score (nSPS) is 27.2. The average Bonchev–Trinajstić information content (AvgIpc) is 3.24. The molecule has 0 aromatic heterocycles. The van der Waals surface area contributed by atoms with Crippen LogP contribution < -0.4 is 0 Å². The number of benzene rings is 2. The van der Waals surface area contributed by atoms with E-state index < -0.39 is 0 Å². The monoisotopic (exact) mass is 330 g/mol. The van der Waals surface area contributed by atoms with Gasteiger partial charge in [0, 0.05) is 6.42 Å². The summed E-state index contributed by atoms with van der Waals surface area (Å²) < 4.78 is 0. The van der Waals surface area contributed by atoms with Crippen molar-refractivity contribution < 1.29 is 4.79 Å².